The number of carbonyl (C=O) groups excluding carboxylic acids is 1. The third-order valence-electron chi connectivity index (χ3n) is 3.62. The highest BCUT2D eigenvalue weighted by atomic mass is 16.5. The Hall–Kier alpha value is -1.39. The Labute approximate surface area is 120 Å². The van der Waals surface area contributed by atoms with E-state index < -0.39 is 6.10 Å². The summed E-state index contributed by atoms with van der Waals surface area (Å²) in [5.41, 5.74) is 1.54. The van der Waals surface area contributed by atoms with Crippen molar-refractivity contribution >= 4 is 11.6 Å². The molecule has 1 aromatic rings. The quantitative estimate of drug-likeness (QED) is 0.869. The summed E-state index contributed by atoms with van der Waals surface area (Å²) in [6.07, 6.45) is 4.36. The minimum Gasteiger partial charge on any atom is -0.389 e. The molecule has 0 radical (unpaired) electrons. The molecule has 0 aliphatic carbocycles. The van der Waals surface area contributed by atoms with Crippen LogP contribution in [-0.2, 0) is 9.53 Å². The van der Waals surface area contributed by atoms with Crippen molar-refractivity contribution in [2.45, 2.75) is 51.2 Å². The molecule has 0 saturated carbocycles. The lowest BCUT2D eigenvalue weighted by Crippen LogP contribution is -2.21. The normalized spacial score (nSPS) is 20.4. The molecule has 20 heavy (non-hydrogen) atoms. The molecule has 110 valence electrons. The number of aliphatic hydroxyl groups is 1. The van der Waals surface area contributed by atoms with E-state index in [0.717, 1.165) is 37.1 Å². The number of amides is 1. The molecule has 2 N–H and O–H groups in total. The van der Waals surface area contributed by atoms with Crippen molar-refractivity contribution < 1.29 is 14.6 Å². The Morgan fingerprint density at radius 2 is 2.35 bits per heavy atom. The maximum atomic E-state index is 11.9. The Kier molecular flexibility index (Phi) is 5.56. The third-order valence-corrected chi connectivity index (χ3v) is 3.62. The van der Waals surface area contributed by atoms with E-state index in [1.54, 1.807) is 13.0 Å². The fourth-order valence-corrected chi connectivity index (χ4v) is 2.43. The minimum atomic E-state index is -0.525. The van der Waals surface area contributed by atoms with E-state index in [9.17, 15) is 9.90 Å². The molecule has 0 aromatic heterocycles. The van der Waals surface area contributed by atoms with Gasteiger partial charge in [-0.05, 0) is 50.3 Å². The Morgan fingerprint density at radius 3 is 3.05 bits per heavy atom. The van der Waals surface area contributed by atoms with Crippen molar-refractivity contribution in [3.63, 3.8) is 0 Å². The van der Waals surface area contributed by atoms with E-state index in [2.05, 4.69) is 5.32 Å². The maximum Gasteiger partial charge on any atom is 0.224 e. The summed E-state index contributed by atoms with van der Waals surface area (Å²) in [4.78, 5) is 11.9. The monoisotopic (exact) mass is 277 g/mol. The van der Waals surface area contributed by atoms with Gasteiger partial charge in [-0.3, -0.25) is 4.79 Å². The van der Waals surface area contributed by atoms with Gasteiger partial charge in [-0.2, -0.15) is 0 Å². The number of ether oxygens (including phenoxy) is 1. The summed E-state index contributed by atoms with van der Waals surface area (Å²) < 4.78 is 5.62. The van der Waals surface area contributed by atoms with Crippen LogP contribution in [0, 0.1) is 0 Å². The molecule has 0 bridgehead atoms. The molecule has 1 amide bonds. The van der Waals surface area contributed by atoms with Crippen molar-refractivity contribution in [3.8, 4) is 0 Å². The molecule has 1 aliphatic heterocycles. The first-order valence-corrected chi connectivity index (χ1v) is 7.34. The number of anilines is 1. The maximum absolute atomic E-state index is 11.9. The molecule has 1 aromatic carbocycles. The molecule has 4 nitrogen and oxygen atoms in total. The second-order valence-corrected chi connectivity index (χ2v) is 5.38. The lowest BCUT2D eigenvalue weighted by atomic mass is 10.0. The lowest BCUT2D eigenvalue weighted by Gasteiger charge is -2.22. The van der Waals surface area contributed by atoms with Gasteiger partial charge in [0.2, 0.25) is 5.91 Å². The zero-order chi connectivity index (χ0) is 14.4. The Morgan fingerprint density at radius 1 is 1.50 bits per heavy atom. The highest BCUT2D eigenvalue weighted by molar-refractivity contribution is 5.90. The largest absolute Gasteiger partial charge is 0.389 e. The van der Waals surface area contributed by atoms with Crippen LogP contribution in [0.2, 0.25) is 0 Å². The number of aliphatic hydroxyl groups excluding tert-OH is 1. The van der Waals surface area contributed by atoms with Gasteiger partial charge in [0, 0.05) is 18.7 Å². The molecule has 1 aliphatic rings. The lowest BCUT2D eigenvalue weighted by molar-refractivity contribution is -0.117. The van der Waals surface area contributed by atoms with Crippen LogP contribution in [0.25, 0.3) is 0 Å². The number of carbonyl (C=O) groups is 1. The summed E-state index contributed by atoms with van der Waals surface area (Å²) in [5.74, 6) is 0.00177. The summed E-state index contributed by atoms with van der Waals surface area (Å²) in [5, 5.41) is 12.4. The number of rotatable bonds is 5. The van der Waals surface area contributed by atoms with E-state index in [1.165, 1.54) is 6.42 Å². The average molecular weight is 277 g/mol. The van der Waals surface area contributed by atoms with Gasteiger partial charge in [-0.15, -0.1) is 0 Å². The van der Waals surface area contributed by atoms with Gasteiger partial charge >= 0.3 is 0 Å². The third kappa shape index (κ3) is 4.62. The van der Waals surface area contributed by atoms with Gasteiger partial charge in [-0.1, -0.05) is 12.1 Å². The second-order valence-electron chi connectivity index (χ2n) is 5.38. The van der Waals surface area contributed by atoms with Crippen molar-refractivity contribution in [3.05, 3.63) is 29.8 Å². The molecule has 4 heteroatoms. The first-order valence-electron chi connectivity index (χ1n) is 7.34. The molecule has 2 atom stereocenters. The zero-order valence-electron chi connectivity index (χ0n) is 12.0. The average Bonchev–Trinajstić information content (AvgIpc) is 2.46. The van der Waals surface area contributed by atoms with Gasteiger partial charge in [0.15, 0.2) is 0 Å². The van der Waals surface area contributed by atoms with Crippen molar-refractivity contribution in [2.75, 3.05) is 11.9 Å². The fourth-order valence-electron chi connectivity index (χ4n) is 2.43. The van der Waals surface area contributed by atoms with E-state index >= 15 is 0 Å². The van der Waals surface area contributed by atoms with Crippen LogP contribution in [0.5, 0.6) is 0 Å². The molecule has 2 rings (SSSR count). The summed E-state index contributed by atoms with van der Waals surface area (Å²) in [6.45, 7) is 2.53. The SMILES string of the molecule is CC(O)c1cccc(NC(=O)CCC2CCCCO2)c1. The summed E-state index contributed by atoms with van der Waals surface area (Å²) in [7, 11) is 0. The van der Waals surface area contributed by atoms with Gasteiger partial charge in [0.1, 0.15) is 0 Å². The standard InChI is InChI=1S/C16H23NO3/c1-12(18)13-5-4-6-14(11-13)17-16(19)9-8-15-7-2-3-10-20-15/h4-6,11-12,15,18H,2-3,7-10H2,1H3,(H,17,19). The van der Waals surface area contributed by atoms with Gasteiger partial charge in [-0.25, -0.2) is 0 Å². The fraction of sp³-hybridized carbons (Fsp3) is 0.562. The zero-order valence-corrected chi connectivity index (χ0v) is 12.0. The Bertz CT molecular complexity index is 439. The van der Waals surface area contributed by atoms with E-state index in [1.807, 2.05) is 18.2 Å². The highest BCUT2D eigenvalue weighted by Gasteiger charge is 2.15. The van der Waals surface area contributed by atoms with Crippen molar-refractivity contribution in [1.82, 2.24) is 0 Å². The predicted molar refractivity (Wildman–Crippen MR) is 78.5 cm³/mol. The molecule has 2 unspecified atom stereocenters. The van der Waals surface area contributed by atoms with Crippen LogP contribution in [0.15, 0.2) is 24.3 Å². The topological polar surface area (TPSA) is 58.6 Å². The van der Waals surface area contributed by atoms with Gasteiger partial charge in [0.05, 0.1) is 12.2 Å². The van der Waals surface area contributed by atoms with Gasteiger partial charge in [0.25, 0.3) is 0 Å². The first-order chi connectivity index (χ1) is 9.65. The van der Waals surface area contributed by atoms with Crippen LogP contribution in [0.1, 0.15) is 50.7 Å². The Balaban J connectivity index is 1.80. The van der Waals surface area contributed by atoms with E-state index in [4.69, 9.17) is 4.74 Å². The smallest absolute Gasteiger partial charge is 0.224 e. The number of benzene rings is 1. The number of hydrogen-bond acceptors (Lipinski definition) is 3. The highest BCUT2D eigenvalue weighted by Crippen LogP contribution is 2.19. The molecule has 1 saturated heterocycles. The number of nitrogens with one attached hydrogen (secondary N) is 1. The summed E-state index contributed by atoms with van der Waals surface area (Å²) >= 11 is 0. The predicted octanol–water partition coefficient (Wildman–Crippen LogP) is 3.03. The van der Waals surface area contributed by atoms with Crippen LogP contribution >= 0.6 is 0 Å². The van der Waals surface area contributed by atoms with Crippen LogP contribution < -0.4 is 5.32 Å². The minimum absolute atomic E-state index is 0.00177. The molecule has 1 fully saturated rings. The first kappa shape index (κ1) is 15.0. The summed E-state index contributed by atoms with van der Waals surface area (Å²) in [6, 6.07) is 7.32. The van der Waals surface area contributed by atoms with Crippen LogP contribution in [0.3, 0.4) is 0 Å². The van der Waals surface area contributed by atoms with Gasteiger partial charge < -0.3 is 15.2 Å². The molecule has 0 spiro atoms. The molecular formula is C16H23NO3. The van der Waals surface area contributed by atoms with Crippen LogP contribution in [0.4, 0.5) is 5.69 Å². The number of hydrogen-bond donors (Lipinski definition) is 2. The van der Waals surface area contributed by atoms with Crippen LogP contribution in [-0.4, -0.2) is 23.7 Å². The molecular weight excluding hydrogens is 254 g/mol. The van der Waals surface area contributed by atoms with Crippen molar-refractivity contribution in [2.24, 2.45) is 0 Å². The second kappa shape index (κ2) is 7.41. The van der Waals surface area contributed by atoms with E-state index in [-0.39, 0.29) is 12.0 Å². The molecule has 1 heterocycles. The van der Waals surface area contributed by atoms with Crippen molar-refractivity contribution in [1.29, 1.82) is 0 Å². The van der Waals surface area contributed by atoms with E-state index in [0.29, 0.717) is 6.42 Å².